The van der Waals surface area contributed by atoms with Gasteiger partial charge in [0.1, 0.15) is 0 Å². The first kappa shape index (κ1) is 16.3. The minimum absolute atomic E-state index is 0.233. The Bertz CT molecular complexity index is 344. The summed E-state index contributed by atoms with van der Waals surface area (Å²) in [5.41, 5.74) is 1.08. The van der Waals surface area contributed by atoms with Gasteiger partial charge in [-0.1, -0.05) is 36.5 Å². The minimum Gasteiger partial charge on any atom is -0.381 e. The van der Waals surface area contributed by atoms with Crippen LogP contribution >= 0.6 is 34.5 Å². The Kier molecular flexibility index (Phi) is 8.27. The summed E-state index contributed by atoms with van der Waals surface area (Å²) in [6.07, 6.45) is 3.35. The third-order valence-electron chi connectivity index (χ3n) is 2.71. The van der Waals surface area contributed by atoms with Gasteiger partial charge >= 0.3 is 0 Å². The second kappa shape index (κ2) is 9.16. The van der Waals surface area contributed by atoms with Crippen molar-refractivity contribution in [2.24, 2.45) is 0 Å². The number of unbranched alkanes of at least 4 members (excludes halogenated alkanes) is 1. The van der Waals surface area contributed by atoms with Crippen LogP contribution < -0.4 is 5.32 Å². The minimum atomic E-state index is 0.233. The van der Waals surface area contributed by atoms with E-state index in [9.17, 15) is 0 Å². The summed E-state index contributed by atoms with van der Waals surface area (Å²) in [6.45, 7) is 6.89. The van der Waals surface area contributed by atoms with Crippen LogP contribution in [0.2, 0.25) is 8.67 Å². The van der Waals surface area contributed by atoms with Crippen LogP contribution in [0.3, 0.4) is 0 Å². The first-order chi connectivity index (χ1) is 8.65. The van der Waals surface area contributed by atoms with E-state index in [2.05, 4.69) is 19.2 Å². The highest BCUT2D eigenvalue weighted by atomic mass is 35.5. The molecule has 0 saturated heterocycles. The van der Waals surface area contributed by atoms with Crippen molar-refractivity contribution in [2.75, 3.05) is 19.8 Å². The summed E-state index contributed by atoms with van der Waals surface area (Å²) >= 11 is 13.5. The zero-order valence-electron chi connectivity index (χ0n) is 11.0. The maximum Gasteiger partial charge on any atom is 0.0991 e. The second-order valence-corrected chi connectivity index (χ2v) is 6.56. The molecule has 0 aromatic carbocycles. The Labute approximate surface area is 124 Å². The number of nitrogens with one attached hydrogen (secondary N) is 1. The van der Waals surface area contributed by atoms with Gasteiger partial charge in [-0.15, -0.1) is 11.3 Å². The van der Waals surface area contributed by atoms with Crippen LogP contribution in [-0.2, 0) is 4.74 Å². The van der Waals surface area contributed by atoms with Gasteiger partial charge in [-0.3, -0.25) is 0 Å². The smallest absolute Gasteiger partial charge is 0.0991 e. The van der Waals surface area contributed by atoms with Crippen LogP contribution in [0.4, 0.5) is 0 Å². The largest absolute Gasteiger partial charge is 0.381 e. The third kappa shape index (κ3) is 5.89. The molecule has 1 aromatic rings. The number of rotatable bonds is 9. The van der Waals surface area contributed by atoms with Crippen molar-refractivity contribution >= 4 is 34.5 Å². The van der Waals surface area contributed by atoms with Gasteiger partial charge in [0.15, 0.2) is 0 Å². The summed E-state index contributed by atoms with van der Waals surface area (Å²) < 4.78 is 7.02. The Hall–Kier alpha value is 0.200. The predicted molar refractivity (Wildman–Crippen MR) is 81.1 cm³/mol. The van der Waals surface area contributed by atoms with E-state index in [4.69, 9.17) is 27.9 Å². The van der Waals surface area contributed by atoms with E-state index < -0.39 is 0 Å². The van der Waals surface area contributed by atoms with Crippen LogP contribution in [0, 0.1) is 0 Å². The summed E-state index contributed by atoms with van der Waals surface area (Å²) in [4.78, 5) is 0. The maximum atomic E-state index is 6.11. The average Bonchev–Trinajstić information content (AvgIpc) is 2.67. The number of halogens is 2. The molecule has 1 rings (SSSR count). The van der Waals surface area contributed by atoms with E-state index in [0.29, 0.717) is 0 Å². The zero-order chi connectivity index (χ0) is 13.4. The molecule has 0 bridgehead atoms. The maximum absolute atomic E-state index is 6.11. The molecule has 0 amide bonds. The molecule has 18 heavy (non-hydrogen) atoms. The fraction of sp³-hybridized carbons (Fsp3) is 0.692. The molecule has 2 nitrogen and oxygen atoms in total. The molecule has 0 fully saturated rings. The molecule has 1 atom stereocenters. The van der Waals surface area contributed by atoms with Crippen molar-refractivity contribution in [2.45, 2.75) is 39.2 Å². The first-order valence-corrected chi connectivity index (χ1v) is 7.98. The van der Waals surface area contributed by atoms with E-state index in [1.54, 1.807) is 0 Å². The lowest BCUT2D eigenvalue weighted by atomic mass is 10.2. The van der Waals surface area contributed by atoms with E-state index in [1.807, 2.05) is 6.07 Å². The Morgan fingerprint density at radius 1 is 1.33 bits per heavy atom. The molecule has 0 aliphatic heterocycles. The molecule has 1 unspecified atom stereocenters. The number of hydrogen-bond acceptors (Lipinski definition) is 3. The number of thiophene rings is 1. The van der Waals surface area contributed by atoms with Gasteiger partial charge in [0, 0.05) is 19.3 Å². The van der Waals surface area contributed by atoms with Gasteiger partial charge in [0.25, 0.3) is 0 Å². The first-order valence-electron chi connectivity index (χ1n) is 6.41. The SMILES string of the molecule is CCCCOCCCNC(C)c1cc(Cl)sc1Cl. The number of hydrogen-bond donors (Lipinski definition) is 1. The van der Waals surface area contributed by atoms with E-state index in [-0.39, 0.29) is 6.04 Å². The van der Waals surface area contributed by atoms with E-state index >= 15 is 0 Å². The lowest BCUT2D eigenvalue weighted by molar-refractivity contribution is 0.128. The van der Waals surface area contributed by atoms with Crippen molar-refractivity contribution in [3.05, 3.63) is 20.3 Å². The molecular formula is C13H21Cl2NOS. The van der Waals surface area contributed by atoms with Crippen LogP contribution in [-0.4, -0.2) is 19.8 Å². The van der Waals surface area contributed by atoms with Crippen molar-refractivity contribution in [1.82, 2.24) is 5.32 Å². The quantitative estimate of drug-likeness (QED) is 0.654. The van der Waals surface area contributed by atoms with Crippen LogP contribution in [0.25, 0.3) is 0 Å². The van der Waals surface area contributed by atoms with Gasteiger partial charge in [-0.2, -0.15) is 0 Å². The molecule has 1 N–H and O–H groups in total. The summed E-state index contributed by atoms with van der Waals surface area (Å²) in [5, 5.41) is 3.43. The van der Waals surface area contributed by atoms with Crippen molar-refractivity contribution in [1.29, 1.82) is 0 Å². The summed E-state index contributed by atoms with van der Waals surface area (Å²) in [6, 6.07) is 2.17. The molecule has 104 valence electrons. The van der Waals surface area contributed by atoms with Crippen molar-refractivity contribution < 1.29 is 4.74 Å². The lowest BCUT2D eigenvalue weighted by Crippen LogP contribution is -2.20. The van der Waals surface area contributed by atoms with Gasteiger partial charge in [-0.05, 0) is 37.9 Å². The third-order valence-corrected chi connectivity index (χ3v) is 4.23. The average molecular weight is 310 g/mol. The fourth-order valence-corrected chi connectivity index (χ4v) is 3.25. The summed E-state index contributed by atoms with van der Waals surface area (Å²) in [7, 11) is 0. The normalized spacial score (nSPS) is 12.9. The standard InChI is InChI=1S/C13H21Cl2NOS/c1-3-4-7-17-8-5-6-16-10(2)11-9-12(14)18-13(11)15/h9-10,16H,3-8H2,1-2H3. The molecular weight excluding hydrogens is 289 g/mol. The predicted octanol–water partition coefficient (Wildman–Crippen LogP) is 4.91. The summed E-state index contributed by atoms with van der Waals surface area (Å²) in [5.74, 6) is 0. The molecule has 5 heteroatoms. The highest BCUT2D eigenvalue weighted by Crippen LogP contribution is 2.34. The van der Waals surface area contributed by atoms with Crippen LogP contribution in [0.1, 0.15) is 44.7 Å². The second-order valence-electron chi connectivity index (χ2n) is 4.27. The lowest BCUT2D eigenvalue weighted by Gasteiger charge is -2.13. The highest BCUT2D eigenvalue weighted by molar-refractivity contribution is 7.20. The Balaban J connectivity index is 2.14. The van der Waals surface area contributed by atoms with Gasteiger partial charge in [0.05, 0.1) is 8.67 Å². The topological polar surface area (TPSA) is 21.3 Å². The fourth-order valence-electron chi connectivity index (χ4n) is 1.60. The van der Waals surface area contributed by atoms with Crippen LogP contribution in [0.15, 0.2) is 6.07 Å². The Morgan fingerprint density at radius 2 is 2.06 bits per heavy atom. The molecule has 0 aliphatic rings. The molecule has 0 aliphatic carbocycles. The Morgan fingerprint density at radius 3 is 2.67 bits per heavy atom. The molecule has 1 aromatic heterocycles. The zero-order valence-corrected chi connectivity index (χ0v) is 13.3. The van der Waals surface area contributed by atoms with Gasteiger partial charge in [0.2, 0.25) is 0 Å². The van der Waals surface area contributed by atoms with E-state index in [0.717, 1.165) is 46.8 Å². The van der Waals surface area contributed by atoms with Crippen molar-refractivity contribution in [3.8, 4) is 0 Å². The number of ether oxygens (including phenoxy) is 1. The van der Waals surface area contributed by atoms with Gasteiger partial charge < -0.3 is 10.1 Å². The highest BCUT2D eigenvalue weighted by Gasteiger charge is 2.12. The molecule has 1 heterocycles. The van der Waals surface area contributed by atoms with Crippen molar-refractivity contribution in [3.63, 3.8) is 0 Å². The molecule has 0 radical (unpaired) electrons. The van der Waals surface area contributed by atoms with Crippen LogP contribution in [0.5, 0.6) is 0 Å². The molecule has 0 saturated carbocycles. The van der Waals surface area contributed by atoms with Gasteiger partial charge in [-0.25, -0.2) is 0 Å². The monoisotopic (exact) mass is 309 g/mol. The molecule has 0 spiro atoms. The van der Waals surface area contributed by atoms with E-state index in [1.165, 1.54) is 17.8 Å².